The van der Waals surface area contributed by atoms with E-state index >= 15 is 0 Å². The Balaban J connectivity index is 1.10. The van der Waals surface area contributed by atoms with Gasteiger partial charge in [-0.15, -0.1) is 0 Å². The Morgan fingerprint density at radius 1 is 0.880 bits per heavy atom. The third-order valence-electron chi connectivity index (χ3n) is 6.89. The molecule has 138 valence electrons. The van der Waals surface area contributed by atoms with E-state index < -0.39 is 0 Å². The summed E-state index contributed by atoms with van der Waals surface area (Å²) >= 11 is 0. The Bertz CT molecular complexity index is 518. The van der Waals surface area contributed by atoms with Gasteiger partial charge in [0.25, 0.3) is 0 Å². The SMILES string of the molecule is COc1ccc(CCNCCNCC23CC4CC(CC(C4)C2)C3)cc1. The minimum atomic E-state index is 0.665. The fourth-order valence-electron chi connectivity index (χ4n) is 6.19. The molecule has 4 fully saturated rings. The van der Waals surface area contributed by atoms with Gasteiger partial charge in [-0.3, -0.25) is 0 Å². The molecule has 0 unspecified atom stereocenters. The summed E-state index contributed by atoms with van der Waals surface area (Å²) in [6.07, 6.45) is 10.3. The summed E-state index contributed by atoms with van der Waals surface area (Å²) < 4.78 is 5.20. The summed E-state index contributed by atoms with van der Waals surface area (Å²) in [6, 6.07) is 8.41. The lowest BCUT2D eigenvalue weighted by atomic mass is 9.49. The Hall–Kier alpha value is -1.06. The van der Waals surface area contributed by atoms with Crippen molar-refractivity contribution >= 4 is 0 Å². The van der Waals surface area contributed by atoms with Gasteiger partial charge in [-0.2, -0.15) is 0 Å². The van der Waals surface area contributed by atoms with Gasteiger partial charge in [0.15, 0.2) is 0 Å². The van der Waals surface area contributed by atoms with Crippen LogP contribution in [0, 0.1) is 23.2 Å². The first-order valence-electron chi connectivity index (χ1n) is 10.3. The van der Waals surface area contributed by atoms with E-state index in [0.29, 0.717) is 5.41 Å². The van der Waals surface area contributed by atoms with Crippen molar-refractivity contribution in [2.75, 3.05) is 33.3 Å². The second kappa shape index (κ2) is 7.67. The van der Waals surface area contributed by atoms with Crippen LogP contribution in [0.5, 0.6) is 5.75 Å². The Morgan fingerprint density at radius 3 is 2.08 bits per heavy atom. The standard InChI is InChI=1S/C22H34N2O/c1-25-21-4-2-17(3-5-21)6-7-23-8-9-24-16-22-13-18-10-19(14-22)12-20(11-18)15-22/h2-5,18-20,23-24H,6-16H2,1H3. The highest BCUT2D eigenvalue weighted by atomic mass is 16.5. The predicted molar refractivity (Wildman–Crippen MR) is 103 cm³/mol. The maximum Gasteiger partial charge on any atom is 0.118 e. The smallest absolute Gasteiger partial charge is 0.118 e. The van der Waals surface area contributed by atoms with Gasteiger partial charge in [-0.05, 0) is 92.4 Å². The van der Waals surface area contributed by atoms with Crippen LogP contribution in [0.15, 0.2) is 24.3 Å². The van der Waals surface area contributed by atoms with Crippen LogP contribution in [0.4, 0.5) is 0 Å². The summed E-state index contributed by atoms with van der Waals surface area (Å²) in [7, 11) is 1.72. The zero-order valence-corrected chi connectivity index (χ0v) is 15.7. The van der Waals surface area contributed by atoms with Crippen molar-refractivity contribution in [3.8, 4) is 5.75 Å². The normalized spacial score (nSPS) is 32.9. The Morgan fingerprint density at radius 2 is 1.48 bits per heavy atom. The third-order valence-corrected chi connectivity index (χ3v) is 6.89. The van der Waals surface area contributed by atoms with Crippen molar-refractivity contribution in [1.29, 1.82) is 0 Å². The fourth-order valence-corrected chi connectivity index (χ4v) is 6.19. The molecular weight excluding hydrogens is 308 g/mol. The monoisotopic (exact) mass is 342 g/mol. The molecule has 4 aliphatic carbocycles. The maximum atomic E-state index is 5.20. The van der Waals surface area contributed by atoms with Crippen molar-refractivity contribution in [2.45, 2.75) is 44.9 Å². The van der Waals surface area contributed by atoms with Gasteiger partial charge in [0.2, 0.25) is 0 Å². The number of benzene rings is 1. The highest BCUT2D eigenvalue weighted by molar-refractivity contribution is 5.27. The molecule has 1 aromatic carbocycles. The molecule has 4 aliphatic rings. The lowest BCUT2D eigenvalue weighted by Gasteiger charge is -2.57. The molecule has 0 heterocycles. The number of hydrogen-bond acceptors (Lipinski definition) is 3. The lowest BCUT2D eigenvalue weighted by molar-refractivity contribution is -0.0511. The molecule has 25 heavy (non-hydrogen) atoms. The number of nitrogens with one attached hydrogen (secondary N) is 2. The number of hydrogen-bond donors (Lipinski definition) is 2. The molecule has 0 amide bonds. The first-order valence-corrected chi connectivity index (χ1v) is 10.3. The lowest BCUT2D eigenvalue weighted by Crippen LogP contribution is -2.50. The van der Waals surface area contributed by atoms with E-state index in [1.54, 1.807) is 26.4 Å². The summed E-state index contributed by atoms with van der Waals surface area (Å²) in [5.41, 5.74) is 2.03. The summed E-state index contributed by atoms with van der Waals surface area (Å²) in [5.74, 6) is 4.13. The second-order valence-electron chi connectivity index (χ2n) is 8.94. The molecule has 3 nitrogen and oxygen atoms in total. The first-order chi connectivity index (χ1) is 12.2. The molecular formula is C22H34N2O. The molecule has 0 spiro atoms. The van der Waals surface area contributed by atoms with Crippen LogP contribution in [0.25, 0.3) is 0 Å². The molecule has 0 atom stereocenters. The largest absolute Gasteiger partial charge is 0.497 e. The minimum Gasteiger partial charge on any atom is -0.497 e. The zero-order chi connectivity index (χ0) is 17.1. The van der Waals surface area contributed by atoms with Crippen molar-refractivity contribution in [2.24, 2.45) is 23.2 Å². The van der Waals surface area contributed by atoms with E-state index in [4.69, 9.17) is 4.74 Å². The number of ether oxygens (including phenoxy) is 1. The molecule has 0 aromatic heterocycles. The topological polar surface area (TPSA) is 33.3 Å². The van der Waals surface area contributed by atoms with Crippen molar-refractivity contribution in [1.82, 2.24) is 10.6 Å². The fraction of sp³-hybridized carbons (Fsp3) is 0.727. The van der Waals surface area contributed by atoms with Gasteiger partial charge in [-0.1, -0.05) is 12.1 Å². The van der Waals surface area contributed by atoms with Crippen molar-refractivity contribution in [3.63, 3.8) is 0 Å². The number of methoxy groups -OCH3 is 1. The molecule has 3 heteroatoms. The van der Waals surface area contributed by atoms with Crippen LogP contribution >= 0.6 is 0 Å². The van der Waals surface area contributed by atoms with Gasteiger partial charge >= 0.3 is 0 Å². The molecule has 4 bridgehead atoms. The maximum absolute atomic E-state index is 5.20. The van der Waals surface area contributed by atoms with Crippen LogP contribution in [-0.4, -0.2) is 33.3 Å². The highest BCUT2D eigenvalue weighted by Crippen LogP contribution is 2.59. The summed E-state index contributed by atoms with van der Waals surface area (Å²) in [4.78, 5) is 0. The third kappa shape index (κ3) is 4.20. The van der Waals surface area contributed by atoms with Crippen LogP contribution in [-0.2, 0) is 6.42 Å². The van der Waals surface area contributed by atoms with Crippen molar-refractivity contribution < 1.29 is 4.74 Å². The molecule has 0 radical (unpaired) electrons. The number of rotatable bonds is 9. The predicted octanol–water partition coefficient (Wildman–Crippen LogP) is 3.63. The molecule has 0 aliphatic heterocycles. The van der Waals surface area contributed by atoms with Gasteiger partial charge in [0, 0.05) is 19.6 Å². The van der Waals surface area contributed by atoms with E-state index in [1.165, 1.54) is 31.4 Å². The van der Waals surface area contributed by atoms with Crippen LogP contribution < -0.4 is 15.4 Å². The quantitative estimate of drug-likeness (QED) is 0.672. The molecule has 2 N–H and O–H groups in total. The minimum absolute atomic E-state index is 0.665. The van der Waals surface area contributed by atoms with E-state index in [0.717, 1.165) is 49.6 Å². The van der Waals surface area contributed by atoms with Gasteiger partial charge in [0.05, 0.1) is 7.11 Å². The van der Waals surface area contributed by atoms with Crippen LogP contribution in [0.3, 0.4) is 0 Å². The second-order valence-corrected chi connectivity index (χ2v) is 8.94. The molecule has 0 saturated heterocycles. The van der Waals surface area contributed by atoms with E-state index in [9.17, 15) is 0 Å². The average molecular weight is 343 g/mol. The van der Waals surface area contributed by atoms with E-state index in [1.807, 2.05) is 12.1 Å². The van der Waals surface area contributed by atoms with Gasteiger partial charge in [-0.25, -0.2) is 0 Å². The Labute approximate surface area is 152 Å². The van der Waals surface area contributed by atoms with Crippen molar-refractivity contribution in [3.05, 3.63) is 29.8 Å². The average Bonchev–Trinajstić information content (AvgIpc) is 2.60. The molecule has 4 saturated carbocycles. The van der Waals surface area contributed by atoms with Gasteiger partial charge in [0.1, 0.15) is 5.75 Å². The van der Waals surface area contributed by atoms with Crippen LogP contribution in [0.1, 0.15) is 44.1 Å². The Kier molecular flexibility index (Phi) is 5.33. The van der Waals surface area contributed by atoms with Crippen LogP contribution in [0.2, 0.25) is 0 Å². The van der Waals surface area contributed by atoms with E-state index in [-0.39, 0.29) is 0 Å². The van der Waals surface area contributed by atoms with E-state index in [2.05, 4.69) is 22.8 Å². The van der Waals surface area contributed by atoms with Gasteiger partial charge < -0.3 is 15.4 Å². The molecule has 5 rings (SSSR count). The zero-order valence-electron chi connectivity index (χ0n) is 15.7. The molecule has 1 aromatic rings. The first kappa shape index (κ1) is 17.4. The highest BCUT2D eigenvalue weighted by Gasteiger charge is 2.50. The summed E-state index contributed by atoms with van der Waals surface area (Å²) in [6.45, 7) is 4.48. The summed E-state index contributed by atoms with van der Waals surface area (Å²) in [5, 5.41) is 7.35.